The molecule has 3 aliphatic heterocycles. The molecule has 3 nitrogen and oxygen atoms in total. The molecule has 3 rings (SSSR count). The molecule has 4 unspecified atom stereocenters. The lowest BCUT2D eigenvalue weighted by Gasteiger charge is -2.41. The zero-order valence-corrected chi connectivity index (χ0v) is 11.2. The van der Waals surface area contributed by atoms with Crippen molar-refractivity contribution in [3.8, 4) is 0 Å². The van der Waals surface area contributed by atoms with E-state index in [1.54, 1.807) is 0 Å². The summed E-state index contributed by atoms with van der Waals surface area (Å²) < 4.78 is 11.5. The second-order valence-corrected chi connectivity index (χ2v) is 6.89. The maximum Gasteiger partial charge on any atom is 0.0783 e. The summed E-state index contributed by atoms with van der Waals surface area (Å²) in [5.41, 5.74) is 6.63. The molecule has 3 fully saturated rings. The Balaban J connectivity index is 1.62. The van der Waals surface area contributed by atoms with Crippen molar-refractivity contribution in [2.75, 3.05) is 31.3 Å². The molecular weight excluding hydrogens is 234 g/mol. The minimum Gasteiger partial charge on any atom is -0.381 e. The summed E-state index contributed by atoms with van der Waals surface area (Å²) in [7, 11) is 0. The Bertz CT molecular complexity index is 262. The monoisotopic (exact) mass is 257 g/mol. The smallest absolute Gasteiger partial charge is 0.0783 e. The van der Waals surface area contributed by atoms with Crippen LogP contribution in [0.3, 0.4) is 0 Å². The Kier molecular flexibility index (Phi) is 3.67. The van der Waals surface area contributed by atoms with E-state index in [1.165, 1.54) is 24.3 Å². The van der Waals surface area contributed by atoms with Crippen molar-refractivity contribution in [1.29, 1.82) is 0 Å². The van der Waals surface area contributed by atoms with Gasteiger partial charge in [0.2, 0.25) is 0 Å². The minimum absolute atomic E-state index is 0.171. The van der Waals surface area contributed by atoms with Gasteiger partial charge in [-0.15, -0.1) is 0 Å². The van der Waals surface area contributed by atoms with Crippen LogP contribution in [-0.2, 0) is 9.47 Å². The van der Waals surface area contributed by atoms with Crippen molar-refractivity contribution in [2.45, 2.75) is 37.3 Å². The third kappa shape index (κ3) is 2.50. The van der Waals surface area contributed by atoms with Crippen molar-refractivity contribution in [1.82, 2.24) is 0 Å². The first-order chi connectivity index (χ1) is 8.29. The highest BCUT2D eigenvalue weighted by Crippen LogP contribution is 2.42. The lowest BCUT2D eigenvalue weighted by molar-refractivity contribution is -0.0860. The van der Waals surface area contributed by atoms with E-state index >= 15 is 0 Å². The maximum absolute atomic E-state index is 6.46. The first-order valence-electron chi connectivity index (χ1n) is 6.84. The number of hydrogen-bond acceptors (Lipinski definition) is 4. The molecule has 0 aromatic heterocycles. The topological polar surface area (TPSA) is 44.5 Å². The maximum atomic E-state index is 6.46. The van der Waals surface area contributed by atoms with Gasteiger partial charge in [-0.05, 0) is 43.3 Å². The molecule has 3 heterocycles. The van der Waals surface area contributed by atoms with E-state index in [4.69, 9.17) is 15.2 Å². The lowest BCUT2D eigenvalue weighted by Crippen LogP contribution is -2.48. The lowest BCUT2D eigenvalue weighted by atomic mass is 9.77. The van der Waals surface area contributed by atoms with Crippen molar-refractivity contribution in [3.63, 3.8) is 0 Å². The summed E-state index contributed by atoms with van der Waals surface area (Å²) in [6, 6.07) is 0.323. The van der Waals surface area contributed by atoms with E-state index in [9.17, 15) is 0 Å². The fourth-order valence-electron chi connectivity index (χ4n) is 3.50. The molecule has 4 atom stereocenters. The fraction of sp³-hybridized carbons (Fsp3) is 1.00. The Morgan fingerprint density at radius 1 is 1.24 bits per heavy atom. The molecule has 0 aromatic rings. The highest BCUT2D eigenvalue weighted by Gasteiger charge is 2.43. The summed E-state index contributed by atoms with van der Waals surface area (Å²) in [5.74, 6) is 3.67. The predicted molar refractivity (Wildman–Crippen MR) is 70.3 cm³/mol. The predicted octanol–water partition coefficient (Wildman–Crippen LogP) is 1.65. The van der Waals surface area contributed by atoms with Crippen LogP contribution in [0.25, 0.3) is 0 Å². The fourth-order valence-corrected chi connectivity index (χ4v) is 4.88. The van der Waals surface area contributed by atoms with Crippen LogP contribution in [0.15, 0.2) is 0 Å². The number of ether oxygens (including phenoxy) is 2. The number of thioether (sulfide) groups is 1. The van der Waals surface area contributed by atoms with Gasteiger partial charge >= 0.3 is 0 Å². The van der Waals surface area contributed by atoms with Crippen LogP contribution in [0, 0.1) is 11.8 Å². The van der Waals surface area contributed by atoms with Crippen LogP contribution in [0.2, 0.25) is 0 Å². The molecular formula is C13H23NO2S. The zero-order chi connectivity index (χ0) is 11.7. The largest absolute Gasteiger partial charge is 0.381 e. The van der Waals surface area contributed by atoms with E-state index in [-0.39, 0.29) is 5.60 Å². The van der Waals surface area contributed by atoms with Gasteiger partial charge in [0.1, 0.15) is 0 Å². The molecule has 0 aromatic carbocycles. The quantitative estimate of drug-likeness (QED) is 0.817. The van der Waals surface area contributed by atoms with E-state index < -0.39 is 0 Å². The highest BCUT2D eigenvalue weighted by atomic mass is 32.2. The van der Waals surface area contributed by atoms with Crippen molar-refractivity contribution in [3.05, 3.63) is 0 Å². The molecule has 0 bridgehead atoms. The Morgan fingerprint density at radius 3 is 2.82 bits per heavy atom. The molecule has 1 spiro atoms. The number of nitrogens with two attached hydrogens (primary N) is 1. The van der Waals surface area contributed by atoms with Gasteiger partial charge in [-0.1, -0.05) is 0 Å². The summed E-state index contributed by atoms with van der Waals surface area (Å²) in [6.07, 6.45) is 4.70. The van der Waals surface area contributed by atoms with E-state index in [2.05, 4.69) is 0 Å². The minimum atomic E-state index is 0.171. The third-order valence-corrected chi connectivity index (χ3v) is 5.87. The average molecular weight is 257 g/mol. The van der Waals surface area contributed by atoms with Crippen LogP contribution in [0.4, 0.5) is 0 Å². The Morgan fingerprint density at radius 2 is 2.12 bits per heavy atom. The Hall–Kier alpha value is 0.230. The molecule has 98 valence electrons. The molecule has 4 heteroatoms. The standard InChI is InChI=1S/C13H23NO2S/c14-12(11-1-4-15-8-11)10-2-5-16-13(7-10)3-6-17-9-13/h10-12H,1-9,14H2. The summed E-state index contributed by atoms with van der Waals surface area (Å²) in [4.78, 5) is 0. The van der Waals surface area contributed by atoms with Crippen molar-refractivity contribution >= 4 is 11.8 Å². The van der Waals surface area contributed by atoms with Crippen LogP contribution >= 0.6 is 11.8 Å². The Labute approximate surface area is 108 Å². The van der Waals surface area contributed by atoms with E-state index in [0.29, 0.717) is 17.9 Å². The van der Waals surface area contributed by atoms with Crippen molar-refractivity contribution < 1.29 is 9.47 Å². The normalized spacial score (nSPS) is 44.3. The van der Waals surface area contributed by atoms with E-state index in [1.807, 2.05) is 11.8 Å². The van der Waals surface area contributed by atoms with Gasteiger partial charge < -0.3 is 15.2 Å². The third-order valence-electron chi connectivity index (χ3n) is 4.65. The van der Waals surface area contributed by atoms with Crippen LogP contribution in [0.5, 0.6) is 0 Å². The van der Waals surface area contributed by atoms with Gasteiger partial charge in [0.25, 0.3) is 0 Å². The number of rotatable bonds is 2. The summed E-state index contributed by atoms with van der Waals surface area (Å²) in [6.45, 7) is 2.69. The second-order valence-electron chi connectivity index (χ2n) is 5.79. The molecule has 0 amide bonds. The summed E-state index contributed by atoms with van der Waals surface area (Å²) in [5, 5.41) is 0. The van der Waals surface area contributed by atoms with Crippen LogP contribution in [0.1, 0.15) is 25.7 Å². The first-order valence-corrected chi connectivity index (χ1v) is 8.00. The molecule has 0 radical (unpaired) electrons. The van der Waals surface area contributed by atoms with Gasteiger partial charge in [-0.2, -0.15) is 11.8 Å². The van der Waals surface area contributed by atoms with Gasteiger partial charge in [-0.3, -0.25) is 0 Å². The zero-order valence-electron chi connectivity index (χ0n) is 10.4. The first kappa shape index (κ1) is 12.3. The van der Waals surface area contributed by atoms with Crippen molar-refractivity contribution in [2.24, 2.45) is 17.6 Å². The van der Waals surface area contributed by atoms with Gasteiger partial charge in [0.05, 0.1) is 12.2 Å². The van der Waals surface area contributed by atoms with Crippen LogP contribution in [-0.4, -0.2) is 43.0 Å². The SMILES string of the molecule is NC(C1CCOC1)C1CCOC2(CCSC2)C1. The van der Waals surface area contributed by atoms with E-state index in [0.717, 1.165) is 32.7 Å². The average Bonchev–Trinajstić information content (AvgIpc) is 3.00. The molecule has 0 saturated carbocycles. The molecule has 3 saturated heterocycles. The van der Waals surface area contributed by atoms with Crippen LogP contribution < -0.4 is 5.73 Å². The van der Waals surface area contributed by atoms with Gasteiger partial charge in [0.15, 0.2) is 0 Å². The molecule has 3 aliphatic rings. The second kappa shape index (κ2) is 5.08. The number of hydrogen-bond donors (Lipinski definition) is 1. The molecule has 2 N–H and O–H groups in total. The highest BCUT2D eigenvalue weighted by molar-refractivity contribution is 7.99. The van der Waals surface area contributed by atoms with Gasteiger partial charge in [-0.25, -0.2) is 0 Å². The molecule has 17 heavy (non-hydrogen) atoms. The summed E-state index contributed by atoms with van der Waals surface area (Å²) >= 11 is 2.03. The van der Waals surface area contributed by atoms with Gasteiger partial charge in [0, 0.05) is 25.0 Å². The molecule has 0 aliphatic carbocycles.